The number of hydrogen-bond acceptors (Lipinski definition) is 5. The summed E-state index contributed by atoms with van der Waals surface area (Å²) in [6, 6.07) is 2.55. The van der Waals surface area contributed by atoms with Gasteiger partial charge in [-0.15, -0.1) is 0 Å². The Kier molecular flexibility index (Phi) is 3.81. The molecule has 0 radical (unpaired) electrons. The van der Waals surface area contributed by atoms with Crippen molar-refractivity contribution < 1.29 is 4.92 Å². The first-order chi connectivity index (χ1) is 9.22. The molecule has 3 rings (SSSR count). The summed E-state index contributed by atoms with van der Waals surface area (Å²) < 4.78 is 0. The first-order valence-electron chi connectivity index (χ1n) is 6.89. The quantitative estimate of drug-likeness (QED) is 0.641. The molecule has 1 aliphatic heterocycles. The predicted molar refractivity (Wildman–Crippen MR) is 75.4 cm³/mol. The highest BCUT2D eigenvalue weighted by molar-refractivity contribution is 7.13. The minimum atomic E-state index is -0.321. The Hall–Kier alpha value is -0.980. The van der Waals surface area contributed by atoms with Crippen LogP contribution >= 0.6 is 11.3 Å². The van der Waals surface area contributed by atoms with Gasteiger partial charge in [-0.1, -0.05) is 11.3 Å². The third-order valence-corrected chi connectivity index (χ3v) is 4.89. The van der Waals surface area contributed by atoms with Crippen molar-refractivity contribution in [2.24, 2.45) is 5.92 Å². The number of nitro groups is 1. The van der Waals surface area contributed by atoms with E-state index < -0.39 is 0 Å². The van der Waals surface area contributed by atoms with Gasteiger partial charge in [0.2, 0.25) is 0 Å². The second kappa shape index (κ2) is 5.56. The summed E-state index contributed by atoms with van der Waals surface area (Å²) in [6.45, 7) is 4.24. The Balaban J connectivity index is 1.39. The molecule has 1 saturated carbocycles. The minimum absolute atomic E-state index is 0.234. The molecular formula is C13H19N3O2S. The molecule has 5 nitrogen and oxygen atoms in total. The molecule has 0 aromatic carbocycles. The fourth-order valence-electron chi connectivity index (χ4n) is 2.77. The Morgan fingerprint density at radius 2 is 2.32 bits per heavy atom. The number of nitrogens with one attached hydrogen (secondary N) is 1. The molecule has 1 saturated heterocycles. The van der Waals surface area contributed by atoms with Crippen LogP contribution in [0.25, 0.3) is 0 Å². The van der Waals surface area contributed by atoms with Crippen molar-refractivity contribution in [3.05, 3.63) is 27.1 Å². The van der Waals surface area contributed by atoms with Gasteiger partial charge in [-0.2, -0.15) is 0 Å². The monoisotopic (exact) mass is 281 g/mol. The normalized spacial score (nSPS) is 23.9. The van der Waals surface area contributed by atoms with Gasteiger partial charge in [0.1, 0.15) is 0 Å². The fraction of sp³-hybridized carbons (Fsp3) is 0.692. The molecule has 0 bridgehead atoms. The van der Waals surface area contributed by atoms with Crippen molar-refractivity contribution in [3.63, 3.8) is 0 Å². The molecule has 2 fully saturated rings. The lowest BCUT2D eigenvalue weighted by molar-refractivity contribution is -0.380. The average Bonchev–Trinajstić information content (AvgIpc) is 2.94. The van der Waals surface area contributed by atoms with Gasteiger partial charge in [0.15, 0.2) is 0 Å². The fourth-order valence-corrected chi connectivity index (χ4v) is 3.50. The maximum absolute atomic E-state index is 10.6. The van der Waals surface area contributed by atoms with E-state index in [2.05, 4.69) is 10.2 Å². The molecule has 19 heavy (non-hydrogen) atoms. The molecule has 6 heteroatoms. The molecule has 104 valence electrons. The summed E-state index contributed by atoms with van der Waals surface area (Å²) in [5.41, 5.74) is 1.02. The van der Waals surface area contributed by atoms with Crippen LogP contribution in [0, 0.1) is 16.0 Å². The number of nitrogens with zero attached hydrogens (tertiary/aromatic N) is 2. The van der Waals surface area contributed by atoms with Crippen molar-refractivity contribution in [2.45, 2.75) is 31.8 Å². The summed E-state index contributed by atoms with van der Waals surface area (Å²) in [5, 5.41) is 16.1. The molecule has 1 aliphatic carbocycles. The summed E-state index contributed by atoms with van der Waals surface area (Å²) in [7, 11) is 0. The molecule has 1 atom stereocenters. The van der Waals surface area contributed by atoms with Gasteiger partial charge in [-0.05, 0) is 43.8 Å². The van der Waals surface area contributed by atoms with Crippen LogP contribution in [0.4, 0.5) is 5.00 Å². The number of thiophene rings is 1. The summed E-state index contributed by atoms with van der Waals surface area (Å²) >= 11 is 1.21. The van der Waals surface area contributed by atoms with E-state index >= 15 is 0 Å². The largest absolute Gasteiger partial charge is 0.324 e. The lowest BCUT2D eigenvalue weighted by Gasteiger charge is -2.14. The van der Waals surface area contributed by atoms with E-state index in [1.54, 1.807) is 6.07 Å². The molecule has 1 aromatic heterocycles. The Labute approximate surface area is 116 Å². The van der Waals surface area contributed by atoms with E-state index in [9.17, 15) is 10.1 Å². The van der Waals surface area contributed by atoms with Gasteiger partial charge in [0.05, 0.1) is 4.92 Å². The molecule has 1 unspecified atom stereocenters. The third kappa shape index (κ3) is 3.32. The zero-order valence-electron chi connectivity index (χ0n) is 10.9. The van der Waals surface area contributed by atoms with Crippen LogP contribution in [-0.2, 0) is 6.54 Å². The van der Waals surface area contributed by atoms with Gasteiger partial charge < -0.3 is 10.2 Å². The zero-order valence-corrected chi connectivity index (χ0v) is 11.7. The van der Waals surface area contributed by atoms with Crippen molar-refractivity contribution in [3.8, 4) is 0 Å². The average molecular weight is 281 g/mol. The lowest BCUT2D eigenvalue weighted by Crippen LogP contribution is -2.27. The maximum Gasteiger partial charge on any atom is 0.324 e. The van der Waals surface area contributed by atoms with Gasteiger partial charge in [0, 0.05) is 30.6 Å². The van der Waals surface area contributed by atoms with E-state index in [0.29, 0.717) is 0 Å². The van der Waals surface area contributed by atoms with Gasteiger partial charge in [-0.25, -0.2) is 0 Å². The Morgan fingerprint density at radius 1 is 1.47 bits per heavy atom. The summed E-state index contributed by atoms with van der Waals surface area (Å²) in [6.07, 6.45) is 4.06. The highest BCUT2D eigenvalue weighted by atomic mass is 32.1. The topological polar surface area (TPSA) is 58.4 Å². The van der Waals surface area contributed by atoms with E-state index in [1.165, 1.54) is 43.7 Å². The molecule has 1 N–H and O–H groups in total. The predicted octanol–water partition coefficient (Wildman–Crippen LogP) is 2.23. The summed E-state index contributed by atoms with van der Waals surface area (Å²) in [4.78, 5) is 12.9. The van der Waals surface area contributed by atoms with Gasteiger partial charge in [-0.3, -0.25) is 10.1 Å². The second-order valence-electron chi connectivity index (χ2n) is 5.56. The SMILES string of the molecule is O=[N+]([O-])c1cc(CNCC2CCN(C3CC3)C2)cs1. The van der Waals surface area contributed by atoms with Crippen molar-refractivity contribution >= 4 is 16.3 Å². The van der Waals surface area contributed by atoms with E-state index in [-0.39, 0.29) is 9.92 Å². The molecule has 0 spiro atoms. The van der Waals surface area contributed by atoms with Crippen LogP contribution in [0.15, 0.2) is 11.4 Å². The second-order valence-corrected chi connectivity index (χ2v) is 6.45. The van der Waals surface area contributed by atoms with Crippen LogP contribution in [0.5, 0.6) is 0 Å². The molecule has 0 amide bonds. The number of hydrogen-bond donors (Lipinski definition) is 1. The van der Waals surface area contributed by atoms with E-state index in [4.69, 9.17) is 0 Å². The van der Waals surface area contributed by atoms with Crippen LogP contribution in [0.1, 0.15) is 24.8 Å². The number of rotatable bonds is 6. The first-order valence-corrected chi connectivity index (χ1v) is 7.77. The minimum Gasteiger partial charge on any atom is -0.312 e. The number of likely N-dealkylation sites (tertiary alicyclic amines) is 1. The lowest BCUT2D eigenvalue weighted by atomic mass is 10.1. The van der Waals surface area contributed by atoms with E-state index in [0.717, 1.165) is 30.6 Å². The van der Waals surface area contributed by atoms with Gasteiger partial charge >= 0.3 is 5.00 Å². The first kappa shape index (κ1) is 13.0. The zero-order chi connectivity index (χ0) is 13.2. The molecule has 2 aliphatic rings. The van der Waals surface area contributed by atoms with Crippen LogP contribution < -0.4 is 5.32 Å². The highest BCUT2D eigenvalue weighted by Crippen LogP contribution is 2.31. The van der Waals surface area contributed by atoms with Crippen molar-refractivity contribution in [1.29, 1.82) is 0 Å². The standard InChI is InChI=1S/C13H19N3O2S/c17-16(18)13-5-11(9-19-13)7-14-6-10-3-4-15(8-10)12-1-2-12/h5,9-10,12,14H,1-4,6-8H2. The van der Waals surface area contributed by atoms with E-state index in [1.807, 2.05) is 5.38 Å². The Morgan fingerprint density at radius 3 is 3.00 bits per heavy atom. The van der Waals surface area contributed by atoms with Crippen LogP contribution in [-0.4, -0.2) is 35.5 Å². The molecule has 1 aromatic rings. The molecule has 2 heterocycles. The smallest absolute Gasteiger partial charge is 0.312 e. The van der Waals surface area contributed by atoms with Crippen LogP contribution in [0.3, 0.4) is 0 Å². The third-order valence-electron chi connectivity index (χ3n) is 3.96. The maximum atomic E-state index is 10.6. The Bertz CT molecular complexity index is 458. The van der Waals surface area contributed by atoms with Crippen molar-refractivity contribution in [1.82, 2.24) is 10.2 Å². The highest BCUT2D eigenvalue weighted by Gasteiger charge is 2.33. The molecular weight excluding hydrogens is 262 g/mol. The van der Waals surface area contributed by atoms with Crippen molar-refractivity contribution in [2.75, 3.05) is 19.6 Å². The van der Waals surface area contributed by atoms with Gasteiger partial charge in [0.25, 0.3) is 0 Å². The van der Waals surface area contributed by atoms with Crippen LogP contribution in [0.2, 0.25) is 0 Å². The summed E-state index contributed by atoms with van der Waals surface area (Å²) in [5.74, 6) is 0.745.